The standard InChI is InChI=1S/C9H10O3/c1-5-7(6(2)10)3-4-8(11)9(5)12/h3-4,11-12H,1-2H3. The maximum Gasteiger partial charge on any atom is 0.161 e. The molecule has 2 N–H and O–H groups in total. The first-order chi connectivity index (χ1) is 5.54. The summed E-state index contributed by atoms with van der Waals surface area (Å²) in [6, 6.07) is 2.80. The Morgan fingerprint density at radius 1 is 1.33 bits per heavy atom. The van der Waals surface area contributed by atoms with Gasteiger partial charge in [0.25, 0.3) is 0 Å². The lowest BCUT2D eigenvalue weighted by molar-refractivity contribution is 0.101. The van der Waals surface area contributed by atoms with Gasteiger partial charge in [-0.3, -0.25) is 4.79 Å². The number of rotatable bonds is 1. The zero-order valence-electron chi connectivity index (χ0n) is 6.96. The molecule has 0 saturated heterocycles. The number of Topliss-reactive ketones (excluding diaryl/α,β-unsaturated/α-hetero) is 1. The van der Waals surface area contributed by atoms with Gasteiger partial charge in [0.1, 0.15) is 0 Å². The molecule has 64 valence electrons. The molecule has 3 heteroatoms. The second-order valence-corrected chi connectivity index (χ2v) is 2.66. The molecule has 0 aliphatic rings. The molecule has 0 bridgehead atoms. The quantitative estimate of drug-likeness (QED) is 0.492. The monoisotopic (exact) mass is 166 g/mol. The number of aromatic hydroxyl groups is 2. The molecule has 3 nitrogen and oxygen atoms in total. The van der Waals surface area contributed by atoms with Crippen LogP contribution in [0.5, 0.6) is 11.5 Å². The van der Waals surface area contributed by atoms with Gasteiger partial charge < -0.3 is 10.2 Å². The lowest BCUT2D eigenvalue weighted by Gasteiger charge is -2.05. The molecule has 12 heavy (non-hydrogen) atoms. The number of phenols is 2. The van der Waals surface area contributed by atoms with Crippen molar-refractivity contribution in [3.63, 3.8) is 0 Å². The Morgan fingerprint density at radius 2 is 1.92 bits per heavy atom. The number of hydrogen-bond acceptors (Lipinski definition) is 3. The molecule has 0 aromatic heterocycles. The van der Waals surface area contributed by atoms with E-state index in [0.29, 0.717) is 11.1 Å². The van der Waals surface area contributed by atoms with E-state index in [1.54, 1.807) is 6.92 Å². The van der Waals surface area contributed by atoms with Crippen LogP contribution in [0.3, 0.4) is 0 Å². The van der Waals surface area contributed by atoms with Crippen molar-refractivity contribution in [1.29, 1.82) is 0 Å². The Bertz CT molecular complexity index is 329. The van der Waals surface area contributed by atoms with Gasteiger partial charge in [0, 0.05) is 11.1 Å². The molecular weight excluding hydrogens is 156 g/mol. The van der Waals surface area contributed by atoms with Crippen LogP contribution in [0, 0.1) is 6.92 Å². The van der Waals surface area contributed by atoms with Gasteiger partial charge in [0.2, 0.25) is 0 Å². The molecule has 1 rings (SSSR count). The maximum atomic E-state index is 10.9. The molecule has 1 aromatic rings. The van der Waals surface area contributed by atoms with Crippen LogP contribution in [-0.4, -0.2) is 16.0 Å². The Balaban J connectivity index is 3.36. The van der Waals surface area contributed by atoms with Gasteiger partial charge in [-0.15, -0.1) is 0 Å². The van der Waals surface area contributed by atoms with Crippen LogP contribution in [0.1, 0.15) is 22.8 Å². The van der Waals surface area contributed by atoms with Crippen molar-refractivity contribution in [2.45, 2.75) is 13.8 Å². The number of carbonyl (C=O) groups is 1. The van der Waals surface area contributed by atoms with Crippen molar-refractivity contribution in [2.24, 2.45) is 0 Å². The molecule has 0 saturated carbocycles. The summed E-state index contributed by atoms with van der Waals surface area (Å²) in [4.78, 5) is 10.9. The summed E-state index contributed by atoms with van der Waals surface area (Å²) in [5.41, 5.74) is 0.854. The normalized spacial score (nSPS) is 9.83. The Kier molecular flexibility index (Phi) is 2.04. The van der Waals surface area contributed by atoms with Crippen LogP contribution in [-0.2, 0) is 0 Å². The summed E-state index contributed by atoms with van der Waals surface area (Å²) in [5.74, 6) is -0.539. The molecule has 0 amide bonds. The average Bonchev–Trinajstić information content (AvgIpc) is 2.00. The van der Waals surface area contributed by atoms with E-state index in [1.807, 2.05) is 0 Å². The summed E-state index contributed by atoms with van der Waals surface area (Å²) in [5, 5.41) is 18.3. The van der Waals surface area contributed by atoms with Crippen LogP contribution in [0.15, 0.2) is 12.1 Å². The zero-order valence-corrected chi connectivity index (χ0v) is 6.96. The van der Waals surface area contributed by atoms with Gasteiger partial charge in [-0.1, -0.05) is 0 Å². The third kappa shape index (κ3) is 1.25. The molecule has 0 spiro atoms. The van der Waals surface area contributed by atoms with Crippen LogP contribution in [0.4, 0.5) is 0 Å². The van der Waals surface area contributed by atoms with Gasteiger partial charge in [0.05, 0.1) is 0 Å². The van der Waals surface area contributed by atoms with E-state index < -0.39 is 0 Å². The Labute approximate surface area is 70.3 Å². The summed E-state index contributed by atoms with van der Waals surface area (Å²) in [7, 11) is 0. The van der Waals surface area contributed by atoms with Crippen molar-refractivity contribution < 1.29 is 15.0 Å². The highest BCUT2D eigenvalue weighted by Gasteiger charge is 2.10. The van der Waals surface area contributed by atoms with Crippen molar-refractivity contribution in [3.8, 4) is 11.5 Å². The van der Waals surface area contributed by atoms with E-state index in [9.17, 15) is 9.90 Å². The summed E-state index contributed by atoms with van der Waals surface area (Å²) >= 11 is 0. The fourth-order valence-electron chi connectivity index (χ4n) is 1.07. The lowest BCUT2D eigenvalue weighted by Crippen LogP contribution is -1.95. The fraction of sp³-hybridized carbons (Fsp3) is 0.222. The van der Waals surface area contributed by atoms with E-state index in [4.69, 9.17) is 5.11 Å². The average molecular weight is 166 g/mol. The van der Waals surface area contributed by atoms with E-state index >= 15 is 0 Å². The molecule has 0 fully saturated rings. The highest BCUT2D eigenvalue weighted by atomic mass is 16.3. The summed E-state index contributed by atoms with van der Waals surface area (Å²) in [6.45, 7) is 3.00. The predicted molar refractivity (Wildman–Crippen MR) is 44.5 cm³/mol. The van der Waals surface area contributed by atoms with E-state index in [0.717, 1.165) is 0 Å². The second kappa shape index (κ2) is 2.85. The molecular formula is C9H10O3. The third-order valence-electron chi connectivity index (χ3n) is 1.79. The largest absolute Gasteiger partial charge is 0.504 e. The first-order valence-corrected chi connectivity index (χ1v) is 3.56. The summed E-state index contributed by atoms with van der Waals surface area (Å²) in [6.07, 6.45) is 0. The first-order valence-electron chi connectivity index (χ1n) is 3.56. The number of hydrogen-bond donors (Lipinski definition) is 2. The van der Waals surface area contributed by atoms with Crippen LogP contribution >= 0.6 is 0 Å². The topological polar surface area (TPSA) is 57.5 Å². The maximum absolute atomic E-state index is 10.9. The number of carbonyl (C=O) groups excluding carboxylic acids is 1. The number of benzene rings is 1. The zero-order chi connectivity index (χ0) is 9.30. The molecule has 1 aromatic carbocycles. The minimum Gasteiger partial charge on any atom is -0.504 e. The minimum atomic E-state index is -0.220. The highest BCUT2D eigenvalue weighted by molar-refractivity contribution is 5.96. The molecule has 0 heterocycles. The molecule has 0 aliphatic heterocycles. The van der Waals surface area contributed by atoms with Gasteiger partial charge in [-0.25, -0.2) is 0 Å². The SMILES string of the molecule is CC(=O)c1ccc(O)c(O)c1C. The van der Waals surface area contributed by atoms with Crippen molar-refractivity contribution in [2.75, 3.05) is 0 Å². The number of phenolic OH excluding ortho intramolecular Hbond substituents is 2. The third-order valence-corrected chi connectivity index (χ3v) is 1.79. The van der Waals surface area contributed by atoms with Crippen molar-refractivity contribution in [3.05, 3.63) is 23.3 Å². The highest BCUT2D eigenvalue weighted by Crippen LogP contribution is 2.30. The second-order valence-electron chi connectivity index (χ2n) is 2.66. The van der Waals surface area contributed by atoms with Crippen LogP contribution in [0.2, 0.25) is 0 Å². The Hall–Kier alpha value is -1.51. The molecule has 0 radical (unpaired) electrons. The Morgan fingerprint density at radius 3 is 2.42 bits per heavy atom. The minimum absolute atomic E-state index is 0.122. The van der Waals surface area contributed by atoms with E-state index in [1.165, 1.54) is 19.1 Å². The number of ketones is 1. The fourth-order valence-corrected chi connectivity index (χ4v) is 1.07. The van der Waals surface area contributed by atoms with Crippen LogP contribution < -0.4 is 0 Å². The van der Waals surface area contributed by atoms with E-state index in [2.05, 4.69) is 0 Å². The van der Waals surface area contributed by atoms with Gasteiger partial charge in [-0.05, 0) is 26.0 Å². The molecule has 0 atom stereocenters. The van der Waals surface area contributed by atoms with Gasteiger partial charge >= 0.3 is 0 Å². The summed E-state index contributed by atoms with van der Waals surface area (Å²) < 4.78 is 0. The smallest absolute Gasteiger partial charge is 0.161 e. The van der Waals surface area contributed by atoms with Gasteiger partial charge in [-0.2, -0.15) is 0 Å². The lowest BCUT2D eigenvalue weighted by atomic mass is 10.0. The van der Waals surface area contributed by atoms with Crippen molar-refractivity contribution >= 4 is 5.78 Å². The van der Waals surface area contributed by atoms with E-state index in [-0.39, 0.29) is 17.3 Å². The van der Waals surface area contributed by atoms with Gasteiger partial charge in [0.15, 0.2) is 17.3 Å². The first kappa shape index (κ1) is 8.59. The molecule has 0 aliphatic carbocycles. The predicted octanol–water partition coefficient (Wildman–Crippen LogP) is 1.61. The van der Waals surface area contributed by atoms with Crippen LogP contribution in [0.25, 0.3) is 0 Å². The van der Waals surface area contributed by atoms with Crippen molar-refractivity contribution in [1.82, 2.24) is 0 Å². The molecule has 0 unspecified atom stereocenters.